The van der Waals surface area contributed by atoms with E-state index in [9.17, 15) is 5.11 Å². The van der Waals surface area contributed by atoms with E-state index in [0.717, 1.165) is 5.56 Å². The first kappa shape index (κ1) is 10.8. The van der Waals surface area contributed by atoms with Gasteiger partial charge in [-0.1, -0.05) is 30.3 Å². The third kappa shape index (κ3) is 2.28. The van der Waals surface area contributed by atoms with Gasteiger partial charge in [0.15, 0.2) is 11.5 Å². The molecular weight excluding hydrogens is 224 g/mol. The summed E-state index contributed by atoms with van der Waals surface area (Å²) < 4.78 is 5.60. The monoisotopic (exact) mass is 234 g/mol. The average molecular weight is 235 g/mol. The molecule has 0 heterocycles. The maximum atomic E-state index is 9.70. The van der Waals surface area contributed by atoms with Gasteiger partial charge in [0.1, 0.15) is 5.75 Å². The SMILES string of the molecule is Oc1cccc(CCl)c1Oc1ccccc1. The number of para-hydroxylation sites is 2. The van der Waals surface area contributed by atoms with Gasteiger partial charge in [-0.05, 0) is 18.2 Å². The standard InChI is InChI=1S/C13H11ClO2/c14-9-10-5-4-8-12(15)13(10)16-11-6-2-1-3-7-11/h1-8,15H,9H2. The number of benzene rings is 2. The average Bonchev–Trinajstić information content (AvgIpc) is 2.33. The van der Waals surface area contributed by atoms with Crippen LogP contribution in [0.15, 0.2) is 48.5 Å². The molecule has 0 spiro atoms. The molecule has 0 radical (unpaired) electrons. The molecule has 2 aromatic carbocycles. The Bertz CT molecular complexity index is 469. The van der Waals surface area contributed by atoms with Crippen LogP contribution in [0.1, 0.15) is 5.56 Å². The summed E-state index contributed by atoms with van der Waals surface area (Å²) in [7, 11) is 0. The van der Waals surface area contributed by atoms with Crippen LogP contribution in [0.5, 0.6) is 17.2 Å². The molecule has 0 amide bonds. The van der Waals surface area contributed by atoms with Crippen LogP contribution in [-0.2, 0) is 5.88 Å². The quantitative estimate of drug-likeness (QED) is 0.816. The Labute approximate surface area is 99.1 Å². The van der Waals surface area contributed by atoms with Gasteiger partial charge in [-0.25, -0.2) is 0 Å². The molecule has 0 aliphatic rings. The molecule has 0 aliphatic heterocycles. The van der Waals surface area contributed by atoms with Crippen LogP contribution in [0.25, 0.3) is 0 Å². The summed E-state index contributed by atoms with van der Waals surface area (Å²) in [5.74, 6) is 1.50. The zero-order valence-electron chi connectivity index (χ0n) is 8.56. The molecule has 0 saturated heterocycles. The number of rotatable bonds is 3. The van der Waals surface area contributed by atoms with Crippen molar-refractivity contribution in [1.82, 2.24) is 0 Å². The maximum absolute atomic E-state index is 9.70. The normalized spacial score (nSPS) is 10.1. The summed E-state index contributed by atoms with van der Waals surface area (Å²) in [5, 5.41) is 9.70. The highest BCUT2D eigenvalue weighted by Crippen LogP contribution is 2.34. The van der Waals surface area contributed by atoms with Crippen LogP contribution in [0, 0.1) is 0 Å². The molecule has 0 saturated carbocycles. The third-order valence-corrected chi connectivity index (χ3v) is 2.47. The minimum atomic E-state index is 0.0991. The van der Waals surface area contributed by atoms with Crippen molar-refractivity contribution in [3.8, 4) is 17.2 Å². The van der Waals surface area contributed by atoms with E-state index in [1.165, 1.54) is 0 Å². The van der Waals surface area contributed by atoms with E-state index in [0.29, 0.717) is 17.4 Å². The second kappa shape index (κ2) is 4.90. The van der Waals surface area contributed by atoms with Crippen LogP contribution in [0.3, 0.4) is 0 Å². The van der Waals surface area contributed by atoms with E-state index in [-0.39, 0.29) is 5.75 Å². The molecule has 0 aromatic heterocycles. The molecule has 16 heavy (non-hydrogen) atoms. The molecule has 0 fully saturated rings. The van der Waals surface area contributed by atoms with Crippen molar-refractivity contribution in [2.24, 2.45) is 0 Å². The van der Waals surface area contributed by atoms with Gasteiger partial charge < -0.3 is 9.84 Å². The molecule has 3 heteroatoms. The van der Waals surface area contributed by atoms with Gasteiger partial charge in [-0.15, -0.1) is 11.6 Å². The Hall–Kier alpha value is -1.67. The van der Waals surface area contributed by atoms with Crippen LogP contribution < -0.4 is 4.74 Å². The lowest BCUT2D eigenvalue weighted by atomic mass is 10.2. The van der Waals surface area contributed by atoms with E-state index in [1.54, 1.807) is 12.1 Å². The molecule has 0 atom stereocenters. The lowest BCUT2D eigenvalue weighted by Gasteiger charge is -2.10. The van der Waals surface area contributed by atoms with Gasteiger partial charge in [0.2, 0.25) is 0 Å². The highest BCUT2D eigenvalue weighted by molar-refractivity contribution is 6.17. The minimum Gasteiger partial charge on any atom is -0.504 e. The van der Waals surface area contributed by atoms with Crippen molar-refractivity contribution in [3.05, 3.63) is 54.1 Å². The number of halogens is 1. The third-order valence-electron chi connectivity index (χ3n) is 2.18. The van der Waals surface area contributed by atoms with Crippen molar-refractivity contribution >= 4 is 11.6 Å². The smallest absolute Gasteiger partial charge is 0.173 e. The van der Waals surface area contributed by atoms with Gasteiger partial charge in [-0.2, -0.15) is 0 Å². The second-order valence-electron chi connectivity index (χ2n) is 3.31. The lowest BCUT2D eigenvalue weighted by Crippen LogP contribution is -1.89. The van der Waals surface area contributed by atoms with Gasteiger partial charge >= 0.3 is 0 Å². The number of aromatic hydroxyl groups is 1. The minimum absolute atomic E-state index is 0.0991. The van der Waals surface area contributed by atoms with Gasteiger partial charge in [0.25, 0.3) is 0 Å². The summed E-state index contributed by atoms with van der Waals surface area (Å²) in [6.45, 7) is 0. The Balaban J connectivity index is 2.34. The summed E-state index contributed by atoms with van der Waals surface area (Å²) in [6, 6.07) is 14.4. The first-order chi connectivity index (χ1) is 7.81. The molecule has 0 aliphatic carbocycles. The van der Waals surface area contributed by atoms with E-state index < -0.39 is 0 Å². The molecule has 2 rings (SSSR count). The number of hydrogen-bond acceptors (Lipinski definition) is 2. The van der Waals surface area contributed by atoms with Crippen molar-refractivity contribution in [3.63, 3.8) is 0 Å². The molecule has 2 nitrogen and oxygen atoms in total. The highest BCUT2D eigenvalue weighted by atomic mass is 35.5. The molecule has 0 unspecified atom stereocenters. The summed E-state index contributed by atoms with van der Waals surface area (Å²) in [5.41, 5.74) is 0.769. The first-order valence-corrected chi connectivity index (χ1v) is 5.44. The van der Waals surface area contributed by atoms with Crippen molar-refractivity contribution in [2.75, 3.05) is 0 Å². The topological polar surface area (TPSA) is 29.5 Å². The first-order valence-electron chi connectivity index (χ1n) is 4.91. The summed E-state index contributed by atoms with van der Waals surface area (Å²) in [6.07, 6.45) is 0. The number of ether oxygens (including phenoxy) is 1. The van der Waals surface area contributed by atoms with Gasteiger partial charge in [0.05, 0.1) is 5.88 Å². The van der Waals surface area contributed by atoms with Crippen molar-refractivity contribution in [2.45, 2.75) is 5.88 Å². The van der Waals surface area contributed by atoms with Gasteiger partial charge in [0, 0.05) is 5.56 Å². The predicted octanol–water partition coefficient (Wildman–Crippen LogP) is 3.92. The van der Waals surface area contributed by atoms with Crippen LogP contribution in [0.4, 0.5) is 0 Å². The predicted molar refractivity (Wildman–Crippen MR) is 64.2 cm³/mol. The van der Waals surface area contributed by atoms with Crippen molar-refractivity contribution < 1.29 is 9.84 Å². The molecular formula is C13H11ClO2. The highest BCUT2D eigenvalue weighted by Gasteiger charge is 2.08. The summed E-state index contributed by atoms with van der Waals surface area (Å²) in [4.78, 5) is 0. The fourth-order valence-electron chi connectivity index (χ4n) is 1.40. The van der Waals surface area contributed by atoms with Crippen LogP contribution in [-0.4, -0.2) is 5.11 Å². The van der Waals surface area contributed by atoms with E-state index >= 15 is 0 Å². The Morgan fingerprint density at radius 1 is 1.00 bits per heavy atom. The number of hydrogen-bond donors (Lipinski definition) is 1. The van der Waals surface area contributed by atoms with E-state index in [4.69, 9.17) is 16.3 Å². The second-order valence-corrected chi connectivity index (χ2v) is 3.58. The fourth-order valence-corrected chi connectivity index (χ4v) is 1.61. The Kier molecular flexibility index (Phi) is 3.32. The number of phenols is 1. The van der Waals surface area contributed by atoms with E-state index in [1.807, 2.05) is 36.4 Å². The number of phenolic OH excluding ortho intramolecular Hbond substituents is 1. The lowest BCUT2D eigenvalue weighted by molar-refractivity contribution is 0.408. The van der Waals surface area contributed by atoms with Gasteiger partial charge in [-0.3, -0.25) is 0 Å². The Morgan fingerprint density at radius 2 is 1.75 bits per heavy atom. The zero-order chi connectivity index (χ0) is 11.4. The Morgan fingerprint density at radius 3 is 2.44 bits per heavy atom. The molecule has 0 bridgehead atoms. The summed E-state index contributed by atoms with van der Waals surface area (Å²) >= 11 is 5.78. The molecule has 1 N–H and O–H groups in total. The van der Waals surface area contributed by atoms with Crippen LogP contribution >= 0.6 is 11.6 Å². The molecule has 2 aromatic rings. The molecule has 82 valence electrons. The van der Waals surface area contributed by atoms with Crippen LogP contribution in [0.2, 0.25) is 0 Å². The number of alkyl halides is 1. The van der Waals surface area contributed by atoms with E-state index in [2.05, 4.69) is 0 Å². The largest absolute Gasteiger partial charge is 0.504 e. The zero-order valence-corrected chi connectivity index (χ0v) is 9.32. The van der Waals surface area contributed by atoms with Crippen molar-refractivity contribution in [1.29, 1.82) is 0 Å². The fraction of sp³-hybridized carbons (Fsp3) is 0.0769. The maximum Gasteiger partial charge on any atom is 0.173 e.